The molecule has 0 aromatic carbocycles. The molecule has 1 N–H and O–H groups in total. The van der Waals surface area contributed by atoms with Crippen LogP contribution in [0.25, 0.3) is 0 Å². The molecule has 0 aliphatic heterocycles. The lowest BCUT2D eigenvalue weighted by Gasteiger charge is -2.24. The van der Waals surface area contributed by atoms with Crippen molar-refractivity contribution >= 4 is 11.9 Å². The SMILES string of the molecule is CCN(CC)CCCN(CCC(=O)O)C(=O)COC. The van der Waals surface area contributed by atoms with Crippen molar-refractivity contribution in [3.8, 4) is 0 Å². The molecule has 0 aromatic rings. The summed E-state index contributed by atoms with van der Waals surface area (Å²) in [6.45, 7) is 7.91. The summed E-state index contributed by atoms with van der Waals surface area (Å²) < 4.78 is 4.81. The van der Waals surface area contributed by atoms with E-state index in [4.69, 9.17) is 9.84 Å². The number of hydrogen-bond donors (Lipinski definition) is 1. The van der Waals surface area contributed by atoms with Crippen LogP contribution in [0.15, 0.2) is 0 Å². The van der Waals surface area contributed by atoms with Gasteiger partial charge in [-0.3, -0.25) is 9.59 Å². The van der Waals surface area contributed by atoms with Crippen LogP contribution >= 0.6 is 0 Å². The minimum Gasteiger partial charge on any atom is -0.481 e. The molecule has 0 heterocycles. The van der Waals surface area contributed by atoms with Crippen LogP contribution in [0, 0.1) is 0 Å². The second-order valence-electron chi connectivity index (χ2n) is 4.34. The molecular weight excluding hydrogens is 248 g/mol. The van der Waals surface area contributed by atoms with Crippen LogP contribution in [0.2, 0.25) is 0 Å². The summed E-state index contributed by atoms with van der Waals surface area (Å²) in [6, 6.07) is 0. The van der Waals surface area contributed by atoms with Crippen molar-refractivity contribution in [2.75, 3.05) is 46.4 Å². The largest absolute Gasteiger partial charge is 0.481 e. The van der Waals surface area contributed by atoms with Crippen molar-refractivity contribution in [1.82, 2.24) is 9.80 Å². The zero-order chi connectivity index (χ0) is 14.7. The fraction of sp³-hybridized carbons (Fsp3) is 0.846. The summed E-state index contributed by atoms with van der Waals surface area (Å²) in [6.07, 6.45) is 0.817. The van der Waals surface area contributed by atoms with Crippen molar-refractivity contribution in [2.24, 2.45) is 0 Å². The van der Waals surface area contributed by atoms with Crippen LogP contribution in [-0.2, 0) is 14.3 Å². The Kier molecular flexibility index (Phi) is 10.1. The monoisotopic (exact) mass is 274 g/mol. The lowest BCUT2D eigenvalue weighted by Crippen LogP contribution is -2.37. The third-order valence-corrected chi connectivity index (χ3v) is 3.01. The summed E-state index contributed by atoms with van der Waals surface area (Å²) in [5, 5.41) is 8.69. The second-order valence-corrected chi connectivity index (χ2v) is 4.34. The van der Waals surface area contributed by atoms with E-state index in [0.717, 1.165) is 26.1 Å². The van der Waals surface area contributed by atoms with Crippen molar-refractivity contribution in [3.05, 3.63) is 0 Å². The number of carboxylic acid groups (broad SMARTS) is 1. The molecule has 19 heavy (non-hydrogen) atoms. The van der Waals surface area contributed by atoms with E-state index in [1.165, 1.54) is 7.11 Å². The van der Waals surface area contributed by atoms with Crippen LogP contribution in [0.1, 0.15) is 26.7 Å². The van der Waals surface area contributed by atoms with Gasteiger partial charge in [0.15, 0.2) is 0 Å². The number of methoxy groups -OCH3 is 1. The van der Waals surface area contributed by atoms with Crippen molar-refractivity contribution in [2.45, 2.75) is 26.7 Å². The van der Waals surface area contributed by atoms with Crippen LogP contribution in [0.5, 0.6) is 0 Å². The van der Waals surface area contributed by atoms with Crippen molar-refractivity contribution < 1.29 is 19.4 Å². The third kappa shape index (κ3) is 8.56. The van der Waals surface area contributed by atoms with Gasteiger partial charge in [0, 0.05) is 20.2 Å². The zero-order valence-corrected chi connectivity index (χ0v) is 12.2. The van der Waals surface area contributed by atoms with E-state index in [2.05, 4.69) is 18.7 Å². The fourth-order valence-electron chi connectivity index (χ4n) is 1.83. The molecule has 0 aliphatic carbocycles. The molecule has 0 unspecified atom stereocenters. The molecule has 0 spiro atoms. The van der Waals surface area contributed by atoms with Crippen LogP contribution in [0.4, 0.5) is 0 Å². The minimum absolute atomic E-state index is 0.00485. The van der Waals surface area contributed by atoms with Gasteiger partial charge in [-0.15, -0.1) is 0 Å². The first-order chi connectivity index (χ1) is 9.04. The van der Waals surface area contributed by atoms with Gasteiger partial charge in [-0.2, -0.15) is 0 Å². The Balaban J connectivity index is 4.17. The summed E-state index contributed by atoms with van der Waals surface area (Å²) in [5.41, 5.74) is 0. The van der Waals surface area contributed by atoms with Gasteiger partial charge in [-0.05, 0) is 26.1 Å². The average Bonchev–Trinajstić information content (AvgIpc) is 2.38. The number of carbonyl (C=O) groups is 2. The summed E-state index contributed by atoms with van der Waals surface area (Å²) >= 11 is 0. The van der Waals surface area contributed by atoms with Gasteiger partial charge in [0.2, 0.25) is 5.91 Å². The lowest BCUT2D eigenvalue weighted by atomic mass is 10.3. The molecular formula is C13H26N2O4. The van der Waals surface area contributed by atoms with Gasteiger partial charge < -0.3 is 19.6 Å². The topological polar surface area (TPSA) is 70.1 Å². The highest BCUT2D eigenvalue weighted by Gasteiger charge is 2.14. The molecule has 6 nitrogen and oxygen atoms in total. The smallest absolute Gasteiger partial charge is 0.305 e. The van der Waals surface area contributed by atoms with E-state index in [0.29, 0.717) is 6.54 Å². The Hall–Kier alpha value is -1.14. The van der Waals surface area contributed by atoms with E-state index in [-0.39, 0.29) is 25.5 Å². The van der Waals surface area contributed by atoms with Gasteiger partial charge in [-0.25, -0.2) is 0 Å². The quantitative estimate of drug-likeness (QED) is 0.599. The molecule has 0 aromatic heterocycles. The number of ether oxygens (including phenoxy) is 1. The molecule has 0 saturated carbocycles. The summed E-state index contributed by atoms with van der Waals surface area (Å²) in [5.74, 6) is -1.04. The molecule has 0 radical (unpaired) electrons. The zero-order valence-electron chi connectivity index (χ0n) is 12.2. The number of hydrogen-bond acceptors (Lipinski definition) is 4. The molecule has 0 fully saturated rings. The first-order valence-corrected chi connectivity index (χ1v) is 6.75. The van der Waals surface area contributed by atoms with Gasteiger partial charge in [0.25, 0.3) is 0 Å². The molecule has 1 amide bonds. The van der Waals surface area contributed by atoms with Gasteiger partial charge in [-0.1, -0.05) is 13.8 Å². The Morgan fingerprint density at radius 1 is 1.11 bits per heavy atom. The Morgan fingerprint density at radius 2 is 1.74 bits per heavy atom. The maximum Gasteiger partial charge on any atom is 0.305 e. The Bertz CT molecular complexity index is 267. The molecule has 6 heteroatoms. The average molecular weight is 274 g/mol. The first kappa shape index (κ1) is 17.9. The van der Waals surface area contributed by atoms with Crippen LogP contribution in [0.3, 0.4) is 0 Å². The molecule has 0 aliphatic rings. The molecule has 112 valence electrons. The van der Waals surface area contributed by atoms with Crippen LogP contribution < -0.4 is 0 Å². The van der Waals surface area contributed by atoms with E-state index >= 15 is 0 Å². The highest BCUT2D eigenvalue weighted by molar-refractivity contribution is 5.78. The summed E-state index contributed by atoms with van der Waals surface area (Å²) in [4.78, 5) is 26.2. The van der Waals surface area contributed by atoms with E-state index in [1.54, 1.807) is 4.90 Å². The predicted octanol–water partition coefficient (Wildman–Crippen LogP) is 0.668. The van der Waals surface area contributed by atoms with Gasteiger partial charge in [0.1, 0.15) is 6.61 Å². The highest BCUT2D eigenvalue weighted by Crippen LogP contribution is 1.99. The Morgan fingerprint density at radius 3 is 2.21 bits per heavy atom. The Labute approximate surface area is 115 Å². The van der Waals surface area contributed by atoms with Crippen LogP contribution in [-0.4, -0.2) is 73.2 Å². The molecule has 0 atom stereocenters. The maximum atomic E-state index is 11.8. The fourth-order valence-corrected chi connectivity index (χ4v) is 1.83. The number of aliphatic carboxylic acids is 1. The van der Waals surface area contributed by atoms with E-state index < -0.39 is 5.97 Å². The highest BCUT2D eigenvalue weighted by atomic mass is 16.5. The summed E-state index contributed by atoms with van der Waals surface area (Å²) in [7, 11) is 1.46. The lowest BCUT2D eigenvalue weighted by molar-refractivity contribution is -0.139. The molecule has 0 bridgehead atoms. The number of carboxylic acids is 1. The van der Waals surface area contributed by atoms with E-state index in [1.807, 2.05) is 0 Å². The normalized spacial score (nSPS) is 10.7. The van der Waals surface area contributed by atoms with Crippen molar-refractivity contribution in [1.29, 1.82) is 0 Å². The number of rotatable bonds is 11. The minimum atomic E-state index is -0.890. The van der Waals surface area contributed by atoms with Gasteiger partial charge >= 0.3 is 5.97 Å². The number of amides is 1. The van der Waals surface area contributed by atoms with Crippen molar-refractivity contribution in [3.63, 3.8) is 0 Å². The molecule has 0 saturated heterocycles. The van der Waals surface area contributed by atoms with Gasteiger partial charge in [0.05, 0.1) is 6.42 Å². The number of carbonyl (C=O) groups excluding carboxylic acids is 1. The number of nitrogens with zero attached hydrogens (tertiary/aromatic N) is 2. The standard InChI is InChI=1S/C13H26N2O4/c1-4-14(5-2)8-6-9-15(10-7-13(17)18)12(16)11-19-3/h4-11H2,1-3H3,(H,17,18). The second kappa shape index (κ2) is 10.8. The molecule has 0 rings (SSSR count). The predicted molar refractivity (Wildman–Crippen MR) is 73.1 cm³/mol. The first-order valence-electron chi connectivity index (χ1n) is 6.75. The third-order valence-electron chi connectivity index (χ3n) is 3.01. The van der Waals surface area contributed by atoms with E-state index in [9.17, 15) is 9.59 Å². The maximum absolute atomic E-state index is 11.8.